The summed E-state index contributed by atoms with van der Waals surface area (Å²) >= 11 is 0. The molecule has 1 aromatic heterocycles. The summed E-state index contributed by atoms with van der Waals surface area (Å²) < 4.78 is 42.3. The smallest absolute Gasteiger partial charge is 0.262 e. The van der Waals surface area contributed by atoms with Crippen LogP contribution in [-0.4, -0.2) is 18.2 Å². The minimum Gasteiger partial charge on any atom is -0.276 e. The molecule has 0 spiro atoms. The third-order valence-corrected chi connectivity index (χ3v) is 4.76. The molecule has 0 saturated carbocycles. The molecule has 114 valence electrons. The van der Waals surface area contributed by atoms with Gasteiger partial charge >= 0.3 is 0 Å². The van der Waals surface area contributed by atoms with Gasteiger partial charge < -0.3 is 0 Å². The Hall–Kier alpha value is -1.89. The summed E-state index contributed by atoms with van der Waals surface area (Å²) in [4.78, 5) is 0.0983. The lowest BCUT2D eigenvalue weighted by Crippen LogP contribution is -2.15. The molecule has 0 aliphatic carbocycles. The Bertz CT molecular complexity index is 743. The van der Waals surface area contributed by atoms with E-state index in [0.29, 0.717) is 16.8 Å². The molecule has 0 saturated heterocycles. The van der Waals surface area contributed by atoms with Gasteiger partial charge in [-0.25, -0.2) is 12.8 Å². The van der Waals surface area contributed by atoms with Crippen molar-refractivity contribution in [2.24, 2.45) is 0 Å². The molecule has 0 bridgehead atoms. The van der Waals surface area contributed by atoms with Gasteiger partial charge in [-0.3, -0.25) is 9.40 Å². The van der Waals surface area contributed by atoms with Gasteiger partial charge in [0.05, 0.1) is 16.8 Å². The number of sulfonamides is 1. The summed E-state index contributed by atoms with van der Waals surface area (Å²) in [6.45, 7) is 7.03. The zero-order chi connectivity index (χ0) is 15.8. The Labute approximate surface area is 123 Å². The van der Waals surface area contributed by atoms with E-state index < -0.39 is 15.8 Å². The highest BCUT2D eigenvalue weighted by Crippen LogP contribution is 2.24. The molecule has 2 aromatic rings. The summed E-state index contributed by atoms with van der Waals surface area (Å²) in [5.74, 6) is -0.448. The molecular formula is C14H18FN3O2S. The molecule has 0 aliphatic rings. The Kier molecular flexibility index (Phi) is 4.04. The topological polar surface area (TPSA) is 64.0 Å². The number of nitrogens with zero attached hydrogens (tertiary/aromatic N) is 2. The Morgan fingerprint density at radius 3 is 2.29 bits per heavy atom. The van der Waals surface area contributed by atoms with Crippen molar-refractivity contribution in [1.82, 2.24) is 9.78 Å². The predicted molar refractivity (Wildman–Crippen MR) is 79.3 cm³/mol. The second kappa shape index (κ2) is 5.48. The minimum absolute atomic E-state index is 0.0983. The Morgan fingerprint density at radius 1 is 1.24 bits per heavy atom. The summed E-state index contributed by atoms with van der Waals surface area (Å²) in [6, 6.07) is 2.55. The lowest BCUT2D eigenvalue weighted by molar-refractivity contribution is 0.532. The number of aryl methyl sites for hydroxylation is 2. The number of hydrogen-bond donors (Lipinski definition) is 1. The van der Waals surface area contributed by atoms with Gasteiger partial charge in [-0.15, -0.1) is 0 Å². The molecule has 0 radical (unpaired) electrons. The maximum atomic E-state index is 13.3. The largest absolute Gasteiger partial charge is 0.276 e. The number of halogens is 1. The lowest BCUT2D eigenvalue weighted by Gasteiger charge is -2.12. The van der Waals surface area contributed by atoms with E-state index in [2.05, 4.69) is 9.82 Å². The minimum atomic E-state index is -3.77. The standard InChI is InChI=1S/C14H18FN3O2S/c1-9(2)18-8-13(7-16-18)17-21(19,20)14-10(3)5-12(15)6-11(14)4/h5-9,17H,1-4H3. The van der Waals surface area contributed by atoms with Gasteiger partial charge in [-0.2, -0.15) is 5.10 Å². The monoisotopic (exact) mass is 311 g/mol. The first kappa shape index (κ1) is 15.5. The molecule has 7 heteroatoms. The second-order valence-corrected chi connectivity index (χ2v) is 6.90. The maximum absolute atomic E-state index is 13.3. The molecule has 0 atom stereocenters. The molecule has 1 heterocycles. The van der Waals surface area contributed by atoms with Gasteiger partial charge in [0.15, 0.2) is 0 Å². The van der Waals surface area contributed by atoms with E-state index in [1.807, 2.05) is 13.8 Å². The fourth-order valence-corrected chi connectivity index (χ4v) is 3.68. The number of rotatable bonds is 4. The van der Waals surface area contributed by atoms with Crippen molar-refractivity contribution in [3.05, 3.63) is 41.5 Å². The van der Waals surface area contributed by atoms with Gasteiger partial charge in [0, 0.05) is 12.2 Å². The van der Waals surface area contributed by atoms with Crippen LogP contribution in [0.15, 0.2) is 29.4 Å². The van der Waals surface area contributed by atoms with Crippen LogP contribution in [0.2, 0.25) is 0 Å². The molecule has 1 aromatic carbocycles. The van der Waals surface area contributed by atoms with Crippen molar-refractivity contribution in [3.63, 3.8) is 0 Å². The van der Waals surface area contributed by atoms with Gasteiger partial charge in [-0.1, -0.05) is 0 Å². The first-order chi connectivity index (χ1) is 9.70. The molecule has 0 amide bonds. The molecular weight excluding hydrogens is 293 g/mol. The highest BCUT2D eigenvalue weighted by molar-refractivity contribution is 7.92. The van der Waals surface area contributed by atoms with E-state index in [1.54, 1.807) is 24.7 Å². The van der Waals surface area contributed by atoms with Crippen molar-refractivity contribution in [1.29, 1.82) is 0 Å². The van der Waals surface area contributed by atoms with Crippen LogP contribution in [0.3, 0.4) is 0 Å². The third-order valence-electron chi connectivity index (χ3n) is 3.08. The van der Waals surface area contributed by atoms with Crippen LogP contribution in [0.4, 0.5) is 10.1 Å². The molecule has 5 nitrogen and oxygen atoms in total. The van der Waals surface area contributed by atoms with Crippen LogP contribution in [0, 0.1) is 19.7 Å². The van der Waals surface area contributed by atoms with E-state index >= 15 is 0 Å². The molecule has 21 heavy (non-hydrogen) atoms. The normalized spacial score (nSPS) is 11.9. The van der Waals surface area contributed by atoms with Gasteiger partial charge in [-0.05, 0) is 51.0 Å². The number of nitrogens with one attached hydrogen (secondary N) is 1. The van der Waals surface area contributed by atoms with Crippen molar-refractivity contribution in [3.8, 4) is 0 Å². The number of hydrogen-bond acceptors (Lipinski definition) is 3. The summed E-state index contributed by atoms with van der Waals surface area (Å²) in [7, 11) is -3.77. The molecule has 0 fully saturated rings. The zero-order valence-corrected chi connectivity index (χ0v) is 13.2. The van der Waals surface area contributed by atoms with E-state index in [1.165, 1.54) is 18.3 Å². The highest BCUT2D eigenvalue weighted by Gasteiger charge is 2.21. The van der Waals surface area contributed by atoms with Crippen LogP contribution >= 0.6 is 0 Å². The SMILES string of the molecule is Cc1cc(F)cc(C)c1S(=O)(=O)Nc1cnn(C(C)C)c1. The summed E-state index contributed by atoms with van der Waals surface area (Å²) in [5, 5.41) is 4.08. The molecule has 0 aliphatic heterocycles. The quantitative estimate of drug-likeness (QED) is 0.944. The highest BCUT2D eigenvalue weighted by atomic mass is 32.2. The predicted octanol–water partition coefficient (Wildman–Crippen LogP) is 3.02. The second-order valence-electron chi connectivity index (χ2n) is 5.28. The Balaban J connectivity index is 2.38. The van der Waals surface area contributed by atoms with Crippen molar-refractivity contribution in [2.75, 3.05) is 4.72 Å². The molecule has 0 unspecified atom stereocenters. The first-order valence-electron chi connectivity index (χ1n) is 6.54. The fraction of sp³-hybridized carbons (Fsp3) is 0.357. The summed E-state index contributed by atoms with van der Waals surface area (Å²) in [6.07, 6.45) is 3.07. The van der Waals surface area contributed by atoms with Crippen molar-refractivity contribution >= 4 is 15.7 Å². The van der Waals surface area contributed by atoms with Gasteiger partial charge in [0.2, 0.25) is 0 Å². The van der Waals surface area contributed by atoms with Crippen LogP contribution in [0.5, 0.6) is 0 Å². The van der Waals surface area contributed by atoms with Crippen LogP contribution < -0.4 is 4.72 Å². The number of aromatic nitrogens is 2. The van der Waals surface area contributed by atoms with Crippen molar-refractivity contribution < 1.29 is 12.8 Å². The average molecular weight is 311 g/mol. The summed E-state index contributed by atoms with van der Waals surface area (Å²) in [5.41, 5.74) is 1.12. The van der Waals surface area contributed by atoms with Crippen molar-refractivity contribution in [2.45, 2.75) is 38.6 Å². The first-order valence-corrected chi connectivity index (χ1v) is 8.03. The Morgan fingerprint density at radius 2 is 1.81 bits per heavy atom. The maximum Gasteiger partial charge on any atom is 0.262 e. The van der Waals surface area contributed by atoms with Gasteiger partial charge in [0.25, 0.3) is 10.0 Å². The lowest BCUT2D eigenvalue weighted by atomic mass is 10.1. The average Bonchev–Trinajstić information content (AvgIpc) is 2.74. The zero-order valence-electron chi connectivity index (χ0n) is 12.4. The van der Waals surface area contributed by atoms with Crippen LogP contribution in [-0.2, 0) is 10.0 Å². The third kappa shape index (κ3) is 3.24. The van der Waals surface area contributed by atoms with Gasteiger partial charge in [0.1, 0.15) is 5.82 Å². The van der Waals surface area contributed by atoms with E-state index in [-0.39, 0.29) is 10.9 Å². The fourth-order valence-electron chi connectivity index (χ4n) is 2.20. The van der Waals surface area contributed by atoms with Crippen LogP contribution in [0.25, 0.3) is 0 Å². The number of benzene rings is 1. The molecule has 1 N–H and O–H groups in total. The number of anilines is 1. The van der Waals surface area contributed by atoms with E-state index in [4.69, 9.17) is 0 Å². The van der Waals surface area contributed by atoms with E-state index in [9.17, 15) is 12.8 Å². The van der Waals surface area contributed by atoms with E-state index in [0.717, 1.165) is 0 Å². The van der Waals surface area contributed by atoms with Crippen LogP contribution in [0.1, 0.15) is 31.0 Å². The molecule has 2 rings (SSSR count).